The summed E-state index contributed by atoms with van der Waals surface area (Å²) in [6.07, 6.45) is 2.29. The summed E-state index contributed by atoms with van der Waals surface area (Å²) < 4.78 is 5.77. The summed E-state index contributed by atoms with van der Waals surface area (Å²) >= 11 is 6.10. The van der Waals surface area contributed by atoms with E-state index in [2.05, 4.69) is 16.7 Å². The zero-order chi connectivity index (χ0) is 18.4. The number of rotatable bonds is 6. The summed E-state index contributed by atoms with van der Waals surface area (Å²) in [5, 5.41) is 0.655. The minimum absolute atomic E-state index is 0.299. The predicted octanol–water partition coefficient (Wildman–Crippen LogP) is 2.59. The van der Waals surface area contributed by atoms with Crippen molar-refractivity contribution < 1.29 is 9.53 Å². The van der Waals surface area contributed by atoms with Gasteiger partial charge in [-0.25, -0.2) is 0 Å². The molecule has 2 heterocycles. The lowest BCUT2D eigenvalue weighted by molar-refractivity contribution is -0.134. The average Bonchev–Trinajstić information content (AvgIpc) is 2.65. The highest BCUT2D eigenvalue weighted by molar-refractivity contribution is 6.32. The van der Waals surface area contributed by atoms with Crippen molar-refractivity contribution in [3.05, 3.63) is 29.3 Å². The van der Waals surface area contributed by atoms with Gasteiger partial charge in [0.25, 0.3) is 0 Å². The van der Waals surface area contributed by atoms with Crippen LogP contribution in [0.25, 0.3) is 0 Å². The summed E-state index contributed by atoms with van der Waals surface area (Å²) in [7, 11) is 0. The third kappa shape index (κ3) is 5.60. The molecule has 2 aliphatic rings. The van der Waals surface area contributed by atoms with E-state index in [-0.39, 0.29) is 0 Å². The molecule has 2 aliphatic heterocycles. The number of carbonyl (C=O) groups is 1. The Morgan fingerprint density at radius 3 is 2.42 bits per heavy atom. The minimum atomic E-state index is 0.299. The van der Waals surface area contributed by atoms with Gasteiger partial charge in [0.2, 0.25) is 5.91 Å². The molecule has 1 aromatic carbocycles. The number of likely N-dealkylation sites (tertiary alicyclic amines) is 1. The molecule has 0 aliphatic carbocycles. The molecule has 5 nitrogen and oxygen atoms in total. The first-order chi connectivity index (χ1) is 12.6. The van der Waals surface area contributed by atoms with Crippen molar-refractivity contribution in [2.75, 3.05) is 59.0 Å². The second kappa shape index (κ2) is 9.58. The number of piperazine rings is 1. The van der Waals surface area contributed by atoms with Crippen LogP contribution >= 0.6 is 11.6 Å². The molecule has 0 N–H and O–H groups in total. The first kappa shape index (κ1) is 19.5. The fourth-order valence-corrected chi connectivity index (χ4v) is 3.76. The lowest BCUT2D eigenvalue weighted by Crippen LogP contribution is -2.51. The highest BCUT2D eigenvalue weighted by Gasteiger charge is 2.24. The van der Waals surface area contributed by atoms with E-state index < -0.39 is 0 Å². The van der Waals surface area contributed by atoms with E-state index in [9.17, 15) is 4.79 Å². The monoisotopic (exact) mass is 379 g/mol. The number of amides is 1. The van der Waals surface area contributed by atoms with Gasteiger partial charge >= 0.3 is 0 Å². The van der Waals surface area contributed by atoms with Gasteiger partial charge in [-0.2, -0.15) is 0 Å². The molecular weight excluding hydrogens is 350 g/mol. The molecule has 0 aromatic heterocycles. The molecule has 26 heavy (non-hydrogen) atoms. The minimum Gasteiger partial charge on any atom is -0.491 e. The van der Waals surface area contributed by atoms with Crippen molar-refractivity contribution in [1.82, 2.24) is 14.7 Å². The van der Waals surface area contributed by atoms with Gasteiger partial charge in [0.1, 0.15) is 12.4 Å². The Hall–Kier alpha value is -1.30. The maximum atomic E-state index is 12.5. The van der Waals surface area contributed by atoms with Gasteiger partial charge in [0.15, 0.2) is 0 Å². The van der Waals surface area contributed by atoms with Gasteiger partial charge in [-0.1, -0.05) is 30.7 Å². The molecular formula is C20H30ClN3O2. The molecule has 0 spiro atoms. The van der Waals surface area contributed by atoms with Crippen molar-refractivity contribution in [2.45, 2.75) is 19.8 Å². The van der Waals surface area contributed by atoms with E-state index in [1.54, 1.807) is 0 Å². The van der Waals surface area contributed by atoms with Crippen molar-refractivity contribution in [3.8, 4) is 5.75 Å². The normalized spacial score (nSPS) is 20.3. The average molecular weight is 380 g/mol. The first-order valence-electron chi connectivity index (χ1n) is 9.71. The lowest BCUT2D eigenvalue weighted by Gasteiger charge is -2.36. The molecule has 3 rings (SSSR count). The molecule has 2 fully saturated rings. The Morgan fingerprint density at radius 1 is 1.08 bits per heavy atom. The number of para-hydroxylation sites is 1. The van der Waals surface area contributed by atoms with Crippen LogP contribution in [0.3, 0.4) is 0 Å². The van der Waals surface area contributed by atoms with Crippen LogP contribution in [0, 0.1) is 5.92 Å². The van der Waals surface area contributed by atoms with E-state index >= 15 is 0 Å². The SMILES string of the molecule is CC1CCN(C(=O)CN2CCN(CCOc3ccccc3Cl)CC2)CC1. The standard InChI is InChI=1S/C20H30ClN3O2/c1-17-6-8-24(9-7-17)20(25)16-23-12-10-22(11-13-23)14-15-26-19-5-3-2-4-18(19)21/h2-5,17H,6-16H2,1H3. The summed E-state index contributed by atoms with van der Waals surface area (Å²) in [6, 6.07) is 7.57. The molecule has 6 heteroatoms. The number of hydrogen-bond donors (Lipinski definition) is 0. The number of ether oxygens (including phenoxy) is 1. The van der Waals surface area contributed by atoms with Crippen LogP contribution in [0.15, 0.2) is 24.3 Å². The van der Waals surface area contributed by atoms with Crippen LogP contribution < -0.4 is 4.74 Å². The Kier molecular flexibility index (Phi) is 7.17. The smallest absolute Gasteiger partial charge is 0.236 e. The molecule has 0 bridgehead atoms. The third-order valence-corrected chi connectivity index (χ3v) is 5.77. The number of hydrogen-bond acceptors (Lipinski definition) is 4. The summed E-state index contributed by atoms with van der Waals surface area (Å²) in [4.78, 5) is 19.2. The van der Waals surface area contributed by atoms with Crippen LogP contribution in [0.2, 0.25) is 5.02 Å². The molecule has 0 unspecified atom stereocenters. The number of halogens is 1. The quantitative estimate of drug-likeness (QED) is 0.761. The molecule has 0 atom stereocenters. The predicted molar refractivity (Wildman–Crippen MR) is 105 cm³/mol. The zero-order valence-electron chi connectivity index (χ0n) is 15.7. The Balaban J connectivity index is 1.32. The lowest BCUT2D eigenvalue weighted by atomic mass is 9.99. The molecule has 1 aromatic rings. The van der Waals surface area contributed by atoms with Crippen LogP contribution in [0.1, 0.15) is 19.8 Å². The van der Waals surface area contributed by atoms with E-state index in [1.165, 1.54) is 0 Å². The van der Waals surface area contributed by atoms with E-state index in [0.29, 0.717) is 24.1 Å². The van der Waals surface area contributed by atoms with Gasteiger partial charge < -0.3 is 9.64 Å². The molecule has 144 valence electrons. The fraction of sp³-hybridized carbons (Fsp3) is 0.650. The van der Waals surface area contributed by atoms with Gasteiger partial charge in [-0.05, 0) is 30.9 Å². The fourth-order valence-electron chi connectivity index (χ4n) is 3.57. The van der Waals surface area contributed by atoms with Crippen LogP contribution in [-0.2, 0) is 4.79 Å². The van der Waals surface area contributed by atoms with Gasteiger partial charge in [-0.3, -0.25) is 14.6 Å². The maximum absolute atomic E-state index is 12.5. The molecule has 1 amide bonds. The number of carbonyl (C=O) groups excluding carboxylic acids is 1. The van der Waals surface area contributed by atoms with Gasteiger partial charge in [-0.15, -0.1) is 0 Å². The van der Waals surface area contributed by atoms with Crippen molar-refractivity contribution in [1.29, 1.82) is 0 Å². The largest absolute Gasteiger partial charge is 0.491 e. The van der Waals surface area contributed by atoms with E-state index in [0.717, 1.165) is 70.3 Å². The zero-order valence-corrected chi connectivity index (χ0v) is 16.5. The third-order valence-electron chi connectivity index (χ3n) is 5.46. The second-order valence-corrected chi connectivity index (χ2v) is 7.87. The summed E-state index contributed by atoms with van der Waals surface area (Å²) in [5.74, 6) is 1.80. The van der Waals surface area contributed by atoms with Gasteiger partial charge in [0.05, 0.1) is 11.6 Å². The van der Waals surface area contributed by atoms with E-state index in [4.69, 9.17) is 16.3 Å². The van der Waals surface area contributed by atoms with Crippen LogP contribution in [0.4, 0.5) is 0 Å². The Morgan fingerprint density at radius 2 is 1.73 bits per heavy atom. The molecule has 2 saturated heterocycles. The van der Waals surface area contributed by atoms with E-state index in [1.807, 2.05) is 29.2 Å². The van der Waals surface area contributed by atoms with Crippen LogP contribution in [0.5, 0.6) is 5.75 Å². The topological polar surface area (TPSA) is 36.0 Å². The molecule has 0 radical (unpaired) electrons. The first-order valence-corrected chi connectivity index (χ1v) is 10.1. The second-order valence-electron chi connectivity index (χ2n) is 7.46. The number of nitrogens with zero attached hydrogens (tertiary/aromatic N) is 3. The van der Waals surface area contributed by atoms with Crippen molar-refractivity contribution in [3.63, 3.8) is 0 Å². The van der Waals surface area contributed by atoms with Gasteiger partial charge in [0, 0.05) is 45.8 Å². The summed E-state index contributed by atoms with van der Waals surface area (Å²) in [6.45, 7) is 10.1. The van der Waals surface area contributed by atoms with Crippen molar-refractivity contribution in [2.24, 2.45) is 5.92 Å². The highest BCUT2D eigenvalue weighted by Crippen LogP contribution is 2.23. The Bertz CT molecular complexity index is 582. The number of benzene rings is 1. The highest BCUT2D eigenvalue weighted by atomic mass is 35.5. The number of piperidine rings is 1. The van der Waals surface area contributed by atoms with Crippen molar-refractivity contribution >= 4 is 17.5 Å². The maximum Gasteiger partial charge on any atom is 0.236 e. The van der Waals surface area contributed by atoms with Crippen LogP contribution in [-0.4, -0.2) is 79.6 Å². The molecule has 0 saturated carbocycles. The Labute approximate surface area is 161 Å². The summed E-state index contributed by atoms with van der Waals surface area (Å²) in [5.41, 5.74) is 0.